The molecule has 0 fully saturated rings. The first-order chi connectivity index (χ1) is 16.7. The van der Waals surface area contributed by atoms with Crippen molar-refractivity contribution >= 4 is 27.8 Å². The van der Waals surface area contributed by atoms with Crippen LogP contribution in [0.4, 0.5) is 10.1 Å². The van der Waals surface area contributed by atoms with E-state index in [1.807, 2.05) is 13.8 Å². The largest absolute Gasteiger partial charge is 0.484 e. The van der Waals surface area contributed by atoms with Crippen LogP contribution < -0.4 is 9.46 Å². The van der Waals surface area contributed by atoms with E-state index in [9.17, 15) is 22.7 Å². The van der Waals surface area contributed by atoms with Crippen LogP contribution in [-0.2, 0) is 16.6 Å². The van der Waals surface area contributed by atoms with Crippen LogP contribution in [0.2, 0.25) is 0 Å². The van der Waals surface area contributed by atoms with Gasteiger partial charge in [0, 0.05) is 17.7 Å². The van der Waals surface area contributed by atoms with Crippen molar-refractivity contribution in [2.45, 2.75) is 25.3 Å². The molecule has 35 heavy (non-hydrogen) atoms. The predicted octanol–water partition coefficient (Wildman–Crippen LogP) is 4.83. The lowest BCUT2D eigenvalue weighted by molar-refractivity contribution is 0.0692. The lowest BCUT2D eigenvalue weighted by Gasteiger charge is -2.21. The molecule has 0 amide bonds. The molecule has 0 bridgehead atoms. The molecule has 0 aliphatic carbocycles. The van der Waals surface area contributed by atoms with Gasteiger partial charge in [0.2, 0.25) is 0 Å². The van der Waals surface area contributed by atoms with Gasteiger partial charge in [-0.25, -0.2) is 17.6 Å². The number of ether oxygens (including phenoxy) is 1. The highest BCUT2D eigenvalue weighted by atomic mass is 32.2. The van der Waals surface area contributed by atoms with Crippen LogP contribution in [0.1, 0.15) is 35.5 Å². The zero-order valence-corrected chi connectivity index (χ0v) is 20.1. The van der Waals surface area contributed by atoms with Gasteiger partial charge in [0.25, 0.3) is 10.0 Å². The SMILES string of the molecule is CCN(CC)CC=Cc1cc(F)ccc1S(=O)(=O)Nc1ccc2c(c1C(=O)O)OCc1occc1-2. The molecule has 0 radical (unpaired) electrons. The number of carbonyl (C=O) groups is 1. The summed E-state index contributed by atoms with van der Waals surface area (Å²) < 4.78 is 53.9. The number of anilines is 1. The number of likely N-dealkylation sites (N-methyl/N-ethyl adjacent to an activating group) is 1. The van der Waals surface area contributed by atoms with Gasteiger partial charge in [-0.05, 0) is 55.1 Å². The fraction of sp³-hybridized carbons (Fsp3) is 0.240. The molecule has 1 aromatic heterocycles. The average molecular weight is 501 g/mol. The van der Waals surface area contributed by atoms with Gasteiger partial charge in [0.15, 0.2) is 0 Å². The maximum absolute atomic E-state index is 14.0. The second kappa shape index (κ2) is 9.93. The predicted molar refractivity (Wildman–Crippen MR) is 129 cm³/mol. The molecule has 10 heteroatoms. The molecular formula is C25H25FN2O6S. The summed E-state index contributed by atoms with van der Waals surface area (Å²) >= 11 is 0. The normalized spacial score (nSPS) is 12.9. The summed E-state index contributed by atoms with van der Waals surface area (Å²) in [7, 11) is -4.27. The number of sulfonamides is 1. The summed E-state index contributed by atoms with van der Waals surface area (Å²) in [4.78, 5) is 14.1. The Morgan fingerprint density at radius 3 is 2.66 bits per heavy atom. The lowest BCUT2D eigenvalue weighted by Crippen LogP contribution is -2.22. The molecule has 1 aliphatic heterocycles. The minimum absolute atomic E-state index is 0.0191. The number of furan rings is 1. The fourth-order valence-corrected chi connectivity index (χ4v) is 5.23. The summed E-state index contributed by atoms with van der Waals surface area (Å²) in [5.74, 6) is -1.35. The Morgan fingerprint density at radius 2 is 1.94 bits per heavy atom. The number of aromatic carboxylic acids is 1. The second-order valence-electron chi connectivity index (χ2n) is 7.89. The Hall–Kier alpha value is -3.63. The van der Waals surface area contributed by atoms with E-state index in [-0.39, 0.29) is 34.1 Å². The molecule has 184 valence electrons. The van der Waals surface area contributed by atoms with Crippen molar-refractivity contribution in [2.24, 2.45) is 0 Å². The number of benzene rings is 2. The Labute approximate surface area is 202 Å². The van der Waals surface area contributed by atoms with Crippen molar-refractivity contribution in [1.29, 1.82) is 0 Å². The summed E-state index contributed by atoms with van der Waals surface area (Å²) in [5, 5.41) is 9.89. The highest BCUT2D eigenvalue weighted by Crippen LogP contribution is 2.43. The third-order valence-electron chi connectivity index (χ3n) is 5.82. The van der Waals surface area contributed by atoms with Gasteiger partial charge in [-0.3, -0.25) is 4.72 Å². The summed E-state index contributed by atoms with van der Waals surface area (Å²) in [6, 6.07) is 7.96. The quantitative estimate of drug-likeness (QED) is 0.433. The van der Waals surface area contributed by atoms with E-state index in [0.717, 1.165) is 31.3 Å². The van der Waals surface area contributed by atoms with Crippen LogP contribution in [0.25, 0.3) is 17.2 Å². The van der Waals surface area contributed by atoms with Crippen LogP contribution in [0.5, 0.6) is 5.75 Å². The number of rotatable bonds is 9. The topological polar surface area (TPSA) is 109 Å². The molecule has 0 atom stereocenters. The highest BCUT2D eigenvalue weighted by Gasteiger charge is 2.29. The first kappa shape index (κ1) is 24.5. The maximum Gasteiger partial charge on any atom is 0.341 e. The third kappa shape index (κ3) is 4.94. The van der Waals surface area contributed by atoms with Gasteiger partial charge in [-0.2, -0.15) is 0 Å². The molecule has 8 nitrogen and oxygen atoms in total. The fourth-order valence-electron chi connectivity index (χ4n) is 3.98. The standard InChI is InChI=1S/C25H25FN2O6S/c1-3-28(4-2)12-5-6-16-14-17(26)7-10-22(16)35(31,32)27-20-9-8-19-18-11-13-33-21(18)15-34-24(19)23(20)25(29)30/h5-11,13-14,27H,3-4,12,15H2,1-2H3,(H,29,30). The molecule has 1 aliphatic rings. The molecule has 0 unspecified atom stereocenters. The van der Waals surface area contributed by atoms with Crippen LogP contribution in [0.15, 0.2) is 58.1 Å². The van der Waals surface area contributed by atoms with Gasteiger partial charge in [0.05, 0.1) is 16.8 Å². The molecule has 0 saturated carbocycles. The minimum atomic E-state index is -4.27. The summed E-state index contributed by atoms with van der Waals surface area (Å²) in [6.45, 7) is 6.23. The minimum Gasteiger partial charge on any atom is -0.484 e. The van der Waals surface area contributed by atoms with Crippen molar-refractivity contribution in [3.8, 4) is 16.9 Å². The van der Waals surface area contributed by atoms with Crippen molar-refractivity contribution in [3.63, 3.8) is 0 Å². The number of halogens is 1. The van der Waals surface area contributed by atoms with Gasteiger partial charge in [-0.15, -0.1) is 0 Å². The second-order valence-corrected chi connectivity index (χ2v) is 9.54. The first-order valence-electron chi connectivity index (χ1n) is 11.1. The number of carboxylic acid groups (broad SMARTS) is 1. The number of hydrogen-bond acceptors (Lipinski definition) is 6. The van der Waals surface area contributed by atoms with Crippen molar-refractivity contribution in [3.05, 3.63) is 71.4 Å². The number of fused-ring (bicyclic) bond motifs is 3. The van der Waals surface area contributed by atoms with Crippen molar-refractivity contribution in [1.82, 2.24) is 4.90 Å². The molecule has 4 rings (SSSR count). The number of hydrogen-bond donors (Lipinski definition) is 2. The zero-order valence-electron chi connectivity index (χ0n) is 19.2. The van der Waals surface area contributed by atoms with E-state index in [4.69, 9.17) is 9.15 Å². The van der Waals surface area contributed by atoms with E-state index >= 15 is 0 Å². The zero-order chi connectivity index (χ0) is 25.2. The van der Waals surface area contributed by atoms with Gasteiger partial charge >= 0.3 is 5.97 Å². The van der Waals surface area contributed by atoms with E-state index in [1.54, 1.807) is 24.3 Å². The average Bonchev–Trinajstić information content (AvgIpc) is 3.30. The Morgan fingerprint density at radius 1 is 1.17 bits per heavy atom. The molecule has 2 aromatic carbocycles. The Bertz CT molecular complexity index is 1390. The number of carboxylic acids is 1. The Balaban J connectivity index is 1.72. The van der Waals surface area contributed by atoms with E-state index in [0.29, 0.717) is 23.4 Å². The molecule has 2 N–H and O–H groups in total. The van der Waals surface area contributed by atoms with Gasteiger partial charge in [-0.1, -0.05) is 26.0 Å². The van der Waals surface area contributed by atoms with Crippen molar-refractivity contribution in [2.75, 3.05) is 24.4 Å². The van der Waals surface area contributed by atoms with Crippen LogP contribution in [-0.4, -0.2) is 44.0 Å². The van der Waals surface area contributed by atoms with Crippen LogP contribution in [0, 0.1) is 5.82 Å². The van der Waals surface area contributed by atoms with Crippen molar-refractivity contribution < 1.29 is 31.9 Å². The van der Waals surface area contributed by atoms with E-state index in [2.05, 4.69) is 9.62 Å². The first-order valence-corrected chi connectivity index (χ1v) is 12.5. The van der Waals surface area contributed by atoms with Crippen LogP contribution in [0.3, 0.4) is 0 Å². The van der Waals surface area contributed by atoms with E-state index in [1.165, 1.54) is 12.3 Å². The van der Waals surface area contributed by atoms with Gasteiger partial charge in [0.1, 0.15) is 29.5 Å². The number of nitrogens with one attached hydrogen (secondary N) is 1. The summed E-state index contributed by atoms with van der Waals surface area (Å²) in [5.41, 5.74) is 0.840. The summed E-state index contributed by atoms with van der Waals surface area (Å²) in [6.07, 6.45) is 4.78. The van der Waals surface area contributed by atoms with E-state index < -0.39 is 21.8 Å². The smallest absolute Gasteiger partial charge is 0.341 e. The highest BCUT2D eigenvalue weighted by molar-refractivity contribution is 7.92. The number of nitrogens with zero attached hydrogens (tertiary/aromatic N) is 1. The monoisotopic (exact) mass is 500 g/mol. The molecule has 3 aromatic rings. The molecule has 2 heterocycles. The third-order valence-corrected chi connectivity index (χ3v) is 7.26. The Kier molecular flexibility index (Phi) is 6.95. The molecule has 0 saturated heterocycles. The maximum atomic E-state index is 14.0. The van der Waals surface area contributed by atoms with Gasteiger partial charge < -0.3 is 19.2 Å². The molecule has 0 spiro atoms. The van der Waals surface area contributed by atoms with Crippen LogP contribution >= 0.6 is 0 Å². The lowest BCUT2D eigenvalue weighted by atomic mass is 9.98. The molecular weight excluding hydrogens is 475 g/mol.